The molecule has 3 aromatic rings. The van der Waals surface area contributed by atoms with E-state index in [1.807, 2.05) is 0 Å². The minimum Gasteiger partial charge on any atom is -0.482 e. The number of anilines is 1. The van der Waals surface area contributed by atoms with Crippen molar-refractivity contribution in [3.05, 3.63) is 57.2 Å². The van der Waals surface area contributed by atoms with Crippen LogP contribution in [0.5, 0.6) is 5.75 Å². The first kappa shape index (κ1) is 21.5. The van der Waals surface area contributed by atoms with Crippen LogP contribution in [-0.4, -0.2) is 39.8 Å². The average Bonchev–Trinajstić information content (AvgIpc) is 3.18. The summed E-state index contributed by atoms with van der Waals surface area (Å²) >= 11 is 1.53. The van der Waals surface area contributed by atoms with E-state index in [2.05, 4.69) is 23.8 Å². The number of rotatable bonds is 5. The molecule has 170 valence electrons. The third-order valence-corrected chi connectivity index (χ3v) is 7.53. The van der Waals surface area contributed by atoms with Crippen molar-refractivity contribution in [2.45, 2.75) is 39.2 Å². The minimum atomic E-state index is -0.849. The lowest BCUT2D eigenvalue weighted by atomic mass is 9.89. The molecule has 0 N–H and O–H groups in total. The largest absolute Gasteiger partial charge is 0.482 e. The number of carbonyl (C=O) groups excluding carboxylic acids is 2. The first-order valence-corrected chi connectivity index (χ1v) is 11.8. The van der Waals surface area contributed by atoms with Crippen molar-refractivity contribution in [1.29, 1.82) is 0 Å². The second-order valence-electron chi connectivity index (χ2n) is 8.68. The van der Waals surface area contributed by atoms with Crippen molar-refractivity contribution in [3.63, 3.8) is 0 Å². The lowest BCUT2D eigenvalue weighted by Crippen LogP contribution is -2.39. The first-order valence-electron chi connectivity index (χ1n) is 11.0. The Hall–Kier alpha value is -3.33. The van der Waals surface area contributed by atoms with Crippen LogP contribution in [0, 0.1) is 5.92 Å². The van der Waals surface area contributed by atoms with E-state index in [0.717, 1.165) is 24.8 Å². The summed E-state index contributed by atoms with van der Waals surface area (Å²) < 4.78 is 6.68. The van der Waals surface area contributed by atoms with Gasteiger partial charge in [-0.25, -0.2) is 0 Å². The lowest BCUT2D eigenvalue weighted by Gasteiger charge is -2.29. The number of aryl methyl sites for hydroxylation is 1. The second-order valence-corrected chi connectivity index (χ2v) is 9.76. The molecule has 2 atom stereocenters. The molecule has 5 rings (SSSR count). The number of thiophene rings is 1. The van der Waals surface area contributed by atoms with Gasteiger partial charge in [0, 0.05) is 17.0 Å². The van der Waals surface area contributed by atoms with Gasteiger partial charge in [0.25, 0.3) is 11.5 Å². The fraction of sp³-hybridized carbons (Fsp3) is 0.375. The van der Waals surface area contributed by atoms with E-state index in [-0.39, 0.29) is 23.9 Å². The van der Waals surface area contributed by atoms with Gasteiger partial charge in [0.2, 0.25) is 0 Å². The van der Waals surface area contributed by atoms with Crippen molar-refractivity contribution in [2.75, 3.05) is 18.1 Å². The number of amides is 1. The van der Waals surface area contributed by atoms with Crippen molar-refractivity contribution in [1.82, 2.24) is 15.0 Å². The maximum Gasteiger partial charge on any atom is 0.279 e. The van der Waals surface area contributed by atoms with Gasteiger partial charge in [0.1, 0.15) is 11.8 Å². The number of hydrogen-bond donors (Lipinski definition) is 0. The number of Topliss-reactive ketones (excluding diaryl/α,β-unsaturated/α-hetero) is 1. The zero-order valence-electron chi connectivity index (χ0n) is 18.5. The normalized spacial score (nSPS) is 18.4. The van der Waals surface area contributed by atoms with Gasteiger partial charge in [-0.2, -0.15) is 4.68 Å². The van der Waals surface area contributed by atoms with Crippen molar-refractivity contribution >= 4 is 38.9 Å². The number of aromatic nitrogens is 3. The summed E-state index contributed by atoms with van der Waals surface area (Å²) in [4.78, 5) is 42.4. The van der Waals surface area contributed by atoms with Gasteiger partial charge in [0.15, 0.2) is 17.2 Å². The fourth-order valence-electron chi connectivity index (χ4n) is 4.56. The Kier molecular flexibility index (Phi) is 5.36. The summed E-state index contributed by atoms with van der Waals surface area (Å²) in [7, 11) is 0. The predicted molar refractivity (Wildman–Crippen MR) is 126 cm³/mol. The number of fused-ring (bicyclic) bond motifs is 4. The van der Waals surface area contributed by atoms with Crippen LogP contribution in [0.4, 0.5) is 5.69 Å². The summed E-state index contributed by atoms with van der Waals surface area (Å²) in [5.41, 5.74) is 1.66. The van der Waals surface area contributed by atoms with Crippen LogP contribution in [0.3, 0.4) is 0 Å². The van der Waals surface area contributed by atoms with Gasteiger partial charge < -0.3 is 9.64 Å². The molecular weight excluding hydrogens is 440 g/mol. The zero-order valence-corrected chi connectivity index (χ0v) is 19.4. The molecule has 3 heterocycles. The molecule has 0 saturated carbocycles. The Morgan fingerprint density at radius 3 is 3.00 bits per heavy atom. The Morgan fingerprint density at radius 1 is 1.39 bits per heavy atom. The molecule has 1 aliphatic carbocycles. The smallest absolute Gasteiger partial charge is 0.279 e. The molecule has 33 heavy (non-hydrogen) atoms. The first-order chi connectivity index (χ1) is 15.9. The predicted octanol–water partition coefficient (Wildman–Crippen LogP) is 3.33. The number of carbonyl (C=O) groups is 2. The zero-order chi connectivity index (χ0) is 23.3. The third kappa shape index (κ3) is 3.56. The maximum absolute atomic E-state index is 13.4. The number of ether oxygens (including phenoxy) is 1. The number of ketones is 1. The Morgan fingerprint density at radius 2 is 2.21 bits per heavy atom. The van der Waals surface area contributed by atoms with E-state index in [9.17, 15) is 14.4 Å². The van der Waals surface area contributed by atoms with E-state index in [0.29, 0.717) is 39.7 Å². The number of hydrogen-bond acceptors (Lipinski definition) is 7. The fourth-order valence-corrected chi connectivity index (χ4v) is 5.88. The van der Waals surface area contributed by atoms with E-state index >= 15 is 0 Å². The van der Waals surface area contributed by atoms with Gasteiger partial charge >= 0.3 is 0 Å². The van der Waals surface area contributed by atoms with Crippen molar-refractivity contribution < 1.29 is 14.3 Å². The number of benzene rings is 1. The Bertz CT molecular complexity index is 1360. The van der Waals surface area contributed by atoms with E-state index in [1.165, 1.54) is 25.8 Å². The molecular formula is C24H24N4O4S. The van der Waals surface area contributed by atoms with Crippen LogP contribution >= 0.6 is 11.3 Å². The highest BCUT2D eigenvalue weighted by atomic mass is 32.1. The molecule has 0 spiro atoms. The van der Waals surface area contributed by atoms with Crippen LogP contribution in [0.25, 0.3) is 10.2 Å². The minimum absolute atomic E-state index is 0.0563. The highest BCUT2D eigenvalue weighted by molar-refractivity contribution is 7.18. The quantitative estimate of drug-likeness (QED) is 0.425. The van der Waals surface area contributed by atoms with Crippen LogP contribution in [0.15, 0.2) is 35.6 Å². The summed E-state index contributed by atoms with van der Waals surface area (Å²) in [6.07, 6.45) is 4.45. The monoisotopic (exact) mass is 464 g/mol. The van der Waals surface area contributed by atoms with Gasteiger partial charge in [-0.3, -0.25) is 14.4 Å². The van der Waals surface area contributed by atoms with E-state index in [1.54, 1.807) is 31.2 Å². The molecule has 2 unspecified atom stereocenters. The SMILES string of the molecule is C=CCN1C(=O)COc2ccc(C(=O)C(C)n3nnc4sc5c(c4c3=O)CCC(C)C5)cc21. The molecule has 1 amide bonds. The molecule has 1 aromatic carbocycles. The molecule has 0 fully saturated rings. The average molecular weight is 465 g/mol. The summed E-state index contributed by atoms with van der Waals surface area (Å²) in [5, 5.41) is 8.98. The van der Waals surface area contributed by atoms with E-state index in [4.69, 9.17) is 4.74 Å². The molecule has 1 aliphatic heterocycles. The lowest BCUT2D eigenvalue weighted by molar-refractivity contribution is -0.121. The summed E-state index contributed by atoms with van der Waals surface area (Å²) in [5.74, 6) is 0.618. The van der Waals surface area contributed by atoms with Gasteiger partial charge in [-0.05, 0) is 55.9 Å². The van der Waals surface area contributed by atoms with Crippen LogP contribution in [0.2, 0.25) is 0 Å². The second kappa shape index (κ2) is 8.22. The number of nitrogens with zero attached hydrogens (tertiary/aromatic N) is 4. The molecule has 8 nitrogen and oxygen atoms in total. The Labute approximate surface area is 194 Å². The Balaban J connectivity index is 1.52. The highest BCUT2D eigenvalue weighted by Crippen LogP contribution is 2.36. The van der Waals surface area contributed by atoms with Crippen molar-refractivity contribution in [2.24, 2.45) is 5.92 Å². The van der Waals surface area contributed by atoms with Gasteiger partial charge in [-0.15, -0.1) is 23.0 Å². The standard InChI is InChI=1S/C24H24N4O4S/c1-4-9-27-17-11-15(6-8-18(17)32-12-20(27)29)22(30)14(3)28-24(31)21-16-7-5-13(2)10-19(16)33-23(21)25-26-28/h4,6,8,11,13-14H,1,5,7,9-10,12H2,2-3H3. The van der Waals surface area contributed by atoms with Crippen LogP contribution in [-0.2, 0) is 17.6 Å². The molecule has 2 aromatic heterocycles. The van der Waals surface area contributed by atoms with Crippen LogP contribution in [0.1, 0.15) is 47.1 Å². The molecule has 2 aliphatic rings. The molecule has 0 saturated heterocycles. The summed E-state index contributed by atoms with van der Waals surface area (Å²) in [6.45, 7) is 7.81. The van der Waals surface area contributed by atoms with Gasteiger partial charge in [-0.1, -0.05) is 18.2 Å². The topological polar surface area (TPSA) is 94.4 Å². The molecule has 0 bridgehead atoms. The third-order valence-electron chi connectivity index (χ3n) is 6.39. The van der Waals surface area contributed by atoms with Crippen molar-refractivity contribution in [3.8, 4) is 5.75 Å². The molecule has 0 radical (unpaired) electrons. The molecule has 9 heteroatoms. The highest BCUT2D eigenvalue weighted by Gasteiger charge is 2.29. The van der Waals surface area contributed by atoms with Gasteiger partial charge in [0.05, 0.1) is 11.1 Å². The van der Waals surface area contributed by atoms with Crippen LogP contribution < -0.4 is 15.2 Å². The summed E-state index contributed by atoms with van der Waals surface area (Å²) in [6, 6.07) is 4.09. The van der Waals surface area contributed by atoms with E-state index < -0.39 is 6.04 Å². The maximum atomic E-state index is 13.4.